The number of carbonyl (C=O) groups is 1. The maximum Gasteiger partial charge on any atom is 0.260 e. The molecule has 2 saturated carbocycles. The van der Waals surface area contributed by atoms with Gasteiger partial charge in [0.15, 0.2) is 0 Å². The normalized spacial score (nSPS) is 32.2. The van der Waals surface area contributed by atoms with Crippen molar-refractivity contribution in [3.63, 3.8) is 0 Å². The second-order valence-corrected chi connectivity index (χ2v) is 7.45. The molecule has 0 heterocycles. The third-order valence-corrected chi connectivity index (χ3v) is 5.66. The Morgan fingerprint density at radius 1 is 1.41 bits per heavy atom. The van der Waals surface area contributed by atoms with Gasteiger partial charge in [0, 0.05) is 6.26 Å². The van der Waals surface area contributed by atoms with Crippen LogP contribution in [0.5, 0.6) is 0 Å². The lowest BCUT2D eigenvalue weighted by molar-refractivity contribution is -0.120. The predicted octanol–water partition coefficient (Wildman–Crippen LogP) is 2.39. The van der Waals surface area contributed by atoms with E-state index in [9.17, 15) is 9.00 Å². The van der Waals surface area contributed by atoms with E-state index in [1.807, 2.05) is 25.1 Å². The Kier molecular flexibility index (Phi) is 2.06. The molecule has 4 heteroatoms. The molecule has 17 heavy (non-hydrogen) atoms. The first kappa shape index (κ1) is 11.0. The molecule has 90 valence electrons. The number of rotatable bonds is 2. The first-order valence-electron chi connectivity index (χ1n) is 5.78. The molecule has 2 aliphatic carbocycles. The van der Waals surface area contributed by atoms with Crippen LogP contribution in [0.3, 0.4) is 0 Å². The van der Waals surface area contributed by atoms with Gasteiger partial charge in [-0.1, -0.05) is 18.2 Å². The van der Waals surface area contributed by atoms with Crippen LogP contribution >= 0.6 is 0 Å². The van der Waals surface area contributed by atoms with Crippen molar-refractivity contribution in [2.75, 3.05) is 6.26 Å². The lowest BCUT2D eigenvalue weighted by atomic mass is 10.2. The summed E-state index contributed by atoms with van der Waals surface area (Å²) < 4.78 is 16.5. The van der Waals surface area contributed by atoms with Crippen molar-refractivity contribution in [1.82, 2.24) is 0 Å². The van der Waals surface area contributed by atoms with Crippen molar-refractivity contribution >= 4 is 15.6 Å². The van der Waals surface area contributed by atoms with Crippen LogP contribution in [0.1, 0.15) is 18.4 Å². The number of amides is 1. The molecule has 1 aromatic carbocycles. The van der Waals surface area contributed by atoms with Crippen LogP contribution in [0.2, 0.25) is 0 Å². The summed E-state index contributed by atoms with van der Waals surface area (Å²) in [6.45, 7) is 1.90. The van der Waals surface area contributed by atoms with Crippen molar-refractivity contribution < 1.29 is 9.00 Å². The molecule has 1 unspecified atom stereocenters. The summed E-state index contributed by atoms with van der Waals surface area (Å²) in [4.78, 5) is 12.6. The minimum Gasteiger partial charge on any atom is -0.271 e. The number of carbonyl (C=O) groups excluding carboxylic acids is 1. The first-order valence-corrected chi connectivity index (χ1v) is 7.70. The SMILES string of the molecule is Cc1ccccc1S(C)(=O)=NC(=O)C12CC1C2. The van der Waals surface area contributed by atoms with Crippen molar-refractivity contribution in [2.45, 2.75) is 24.7 Å². The fraction of sp³-hybridized carbons (Fsp3) is 0.462. The number of aryl methyl sites for hydroxylation is 1. The zero-order chi connectivity index (χ0) is 12.3. The van der Waals surface area contributed by atoms with E-state index in [4.69, 9.17) is 0 Å². The minimum atomic E-state index is -2.58. The molecule has 0 aliphatic heterocycles. The van der Waals surface area contributed by atoms with Gasteiger partial charge >= 0.3 is 0 Å². The third-order valence-electron chi connectivity index (χ3n) is 3.87. The lowest BCUT2D eigenvalue weighted by Gasteiger charge is -2.07. The number of nitrogens with zero attached hydrogens (tertiary/aromatic N) is 1. The van der Waals surface area contributed by atoms with E-state index in [2.05, 4.69) is 4.36 Å². The number of benzene rings is 1. The summed E-state index contributed by atoms with van der Waals surface area (Å²) in [7, 11) is -2.58. The predicted molar refractivity (Wildman–Crippen MR) is 66.1 cm³/mol. The molecule has 1 atom stereocenters. The molecule has 0 N–H and O–H groups in total. The average Bonchev–Trinajstić information content (AvgIpc) is 3.04. The molecule has 0 saturated heterocycles. The van der Waals surface area contributed by atoms with Crippen LogP contribution in [0.4, 0.5) is 0 Å². The van der Waals surface area contributed by atoms with Crippen molar-refractivity contribution in [3.8, 4) is 0 Å². The molecule has 3 rings (SSSR count). The molecule has 0 spiro atoms. The highest BCUT2D eigenvalue weighted by Gasteiger charge is 2.74. The quantitative estimate of drug-likeness (QED) is 0.808. The van der Waals surface area contributed by atoms with Gasteiger partial charge in [0.2, 0.25) is 0 Å². The van der Waals surface area contributed by atoms with Crippen molar-refractivity contribution in [3.05, 3.63) is 29.8 Å². The summed E-state index contributed by atoms with van der Waals surface area (Å²) in [6.07, 6.45) is 3.47. The number of hydrogen-bond donors (Lipinski definition) is 0. The molecule has 2 aliphatic rings. The van der Waals surface area contributed by atoms with E-state index in [1.165, 1.54) is 0 Å². The zero-order valence-electron chi connectivity index (χ0n) is 9.97. The van der Waals surface area contributed by atoms with E-state index < -0.39 is 9.73 Å². The van der Waals surface area contributed by atoms with Gasteiger partial charge in [0.05, 0.1) is 20.0 Å². The summed E-state index contributed by atoms with van der Waals surface area (Å²) >= 11 is 0. The molecule has 0 aromatic heterocycles. The van der Waals surface area contributed by atoms with Gasteiger partial charge < -0.3 is 0 Å². The molecule has 1 aromatic rings. The Labute approximate surface area is 101 Å². The van der Waals surface area contributed by atoms with Gasteiger partial charge in [-0.05, 0) is 37.3 Å². The van der Waals surface area contributed by atoms with Gasteiger partial charge in [-0.3, -0.25) is 4.79 Å². The highest BCUT2D eigenvalue weighted by atomic mass is 32.2. The molecule has 0 bridgehead atoms. The summed E-state index contributed by atoms with van der Waals surface area (Å²) in [6, 6.07) is 7.42. The van der Waals surface area contributed by atoms with Crippen molar-refractivity contribution in [2.24, 2.45) is 15.7 Å². The Hall–Kier alpha value is -1.16. The lowest BCUT2D eigenvalue weighted by Crippen LogP contribution is -2.09. The van der Waals surface area contributed by atoms with Crippen LogP contribution in [0.25, 0.3) is 0 Å². The van der Waals surface area contributed by atoms with Crippen LogP contribution in [0.15, 0.2) is 33.5 Å². The standard InChI is InChI=1S/C13H15NO2S/c1-9-5-3-4-6-11(9)17(2,16)14-12(15)13-7-10(13)8-13/h3-6,10H,7-8H2,1-2H3. The first-order chi connectivity index (χ1) is 7.96. The smallest absolute Gasteiger partial charge is 0.260 e. The second-order valence-electron chi connectivity index (χ2n) is 5.23. The Morgan fingerprint density at radius 3 is 2.53 bits per heavy atom. The monoisotopic (exact) mass is 249 g/mol. The van der Waals surface area contributed by atoms with E-state index in [0.717, 1.165) is 18.4 Å². The topological polar surface area (TPSA) is 46.5 Å². The summed E-state index contributed by atoms with van der Waals surface area (Å²) in [5.74, 6) is 0.407. The molecule has 1 amide bonds. The van der Waals surface area contributed by atoms with Gasteiger partial charge in [0.25, 0.3) is 5.91 Å². The zero-order valence-corrected chi connectivity index (χ0v) is 10.8. The van der Waals surface area contributed by atoms with E-state index in [1.54, 1.807) is 12.3 Å². The molecule has 3 nitrogen and oxygen atoms in total. The maximum atomic E-state index is 12.5. The van der Waals surface area contributed by atoms with E-state index >= 15 is 0 Å². The Morgan fingerprint density at radius 2 is 2.00 bits per heavy atom. The Balaban J connectivity index is 2.00. The summed E-state index contributed by atoms with van der Waals surface area (Å²) in [5, 5.41) is 0. The highest BCUT2D eigenvalue weighted by Crippen LogP contribution is 2.75. The molecular formula is C13H15NO2S. The Bertz CT molecular complexity index is 620. The summed E-state index contributed by atoms with van der Waals surface area (Å²) in [5.41, 5.74) is 0.749. The minimum absolute atomic E-state index is 0.141. The molecular weight excluding hydrogens is 234 g/mol. The molecule has 2 fully saturated rings. The largest absolute Gasteiger partial charge is 0.271 e. The van der Waals surface area contributed by atoms with E-state index in [0.29, 0.717) is 10.8 Å². The number of hydrogen-bond acceptors (Lipinski definition) is 2. The van der Waals surface area contributed by atoms with Crippen LogP contribution < -0.4 is 0 Å². The number of fused-ring (bicyclic) bond motifs is 1. The highest BCUT2D eigenvalue weighted by molar-refractivity contribution is 7.93. The molecule has 0 radical (unpaired) electrons. The fourth-order valence-corrected chi connectivity index (χ4v) is 3.92. The fourth-order valence-electron chi connectivity index (χ4n) is 2.33. The van der Waals surface area contributed by atoms with Gasteiger partial charge in [0.1, 0.15) is 0 Å². The second kappa shape index (κ2) is 3.19. The van der Waals surface area contributed by atoms with Gasteiger partial charge in [-0.2, -0.15) is 4.36 Å². The van der Waals surface area contributed by atoms with E-state index in [-0.39, 0.29) is 11.3 Å². The maximum absolute atomic E-state index is 12.5. The van der Waals surface area contributed by atoms with Gasteiger partial charge in [-0.25, -0.2) is 4.21 Å². The van der Waals surface area contributed by atoms with Crippen LogP contribution in [-0.4, -0.2) is 16.4 Å². The van der Waals surface area contributed by atoms with Crippen LogP contribution in [-0.2, 0) is 14.5 Å². The van der Waals surface area contributed by atoms with Crippen molar-refractivity contribution in [1.29, 1.82) is 0 Å². The van der Waals surface area contributed by atoms with Crippen LogP contribution in [0, 0.1) is 18.3 Å². The third kappa shape index (κ3) is 1.62. The van der Waals surface area contributed by atoms with Gasteiger partial charge in [-0.15, -0.1) is 0 Å². The average molecular weight is 249 g/mol.